The van der Waals surface area contributed by atoms with E-state index in [1.807, 2.05) is 33.7 Å². The summed E-state index contributed by atoms with van der Waals surface area (Å²) in [7, 11) is 5.70. The molecule has 15 heavy (non-hydrogen) atoms. The second kappa shape index (κ2) is 4.30. The average molecular weight is 240 g/mol. The first-order valence-corrected chi connectivity index (χ1v) is 7.30. The van der Waals surface area contributed by atoms with Crippen molar-refractivity contribution in [3.63, 3.8) is 0 Å². The quantitative estimate of drug-likeness (QED) is 0.713. The van der Waals surface area contributed by atoms with Gasteiger partial charge in [0.2, 0.25) is 0 Å². The monoisotopic (exact) mass is 240 g/mol. The third-order valence-corrected chi connectivity index (χ3v) is 6.28. The fourth-order valence-corrected chi connectivity index (χ4v) is 5.04. The summed E-state index contributed by atoms with van der Waals surface area (Å²) in [5.41, 5.74) is 1.42. The molecule has 1 aliphatic heterocycles. The van der Waals surface area contributed by atoms with Gasteiger partial charge in [-0.3, -0.25) is 0 Å². The largest absolute Gasteiger partial charge is 0.497 e. The van der Waals surface area contributed by atoms with Crippen molar-refractivity contribution in [2.75, 3.05) is 7.11 Å². The van der Waals surface area contributed by atoms with E-state index in [1.54, 1.807) is 7.11 Å². The Bertz CT molecular complexity index is 332. The summed E-state index contributed by atoms with van der Waals surface area (Å²) >= 11 is 0. The van der Waals surface area contributed by atoms with Crippen molar-refractivity contribution in [2.24, 2.45) is 0 Å². The lowest BCUT2D eigenvalue weighted by Gasteiger charge is -2.14. The van der Waals surface area contributed by atoms with E-state index in [-0.39, 0.29) is 0 Å². The summed E-state index contributed by atoms with van der Waals surface area (Å²) in [5, 5.41) is 0.635. The van der Waals surface area contributed by atoms with Gasteiger partial charge >= 0.3 is 0 Å². The van der Waals surface area contributed by atoms with Gasteiger partial charge in [0.15, 0.2) is 0 Å². The van der Waals surface area contributed by atoms with Gasteiger partial charge in [-0.15, -0.1) is 0 Å². The second-order valence-corrected chi connectivity index (χ2v) is 7.52. The maximum Gasteiger partial charge on any atom is 0.118 e. The molecular weight excluding hydrogens is 224 g/mol. The van der Waals surface area contributed by atoms with Gasteiger partial charge < -0.3 is 4.74 Å². The fraction of sp³-hybridized carbons (Fsp3) is 0.500. The molecule has 0 spiro atoms. The van der Waals surface area contributed by atoms with E-state index < -0.39 is 0 Å². The predicted molar refractivity (Wildman–Crippen MR) is 69.6 cm³/mol. The predicted octanol–water partition coefficient (Wildman–Crippen LogP) is 4.30. The van der Waals surface area contributed by atoms with E-state index in [4.69, 9.17) is 4.74 Å². The highest BCUT2D eigenvalue weighted by Crippen LogP contribution is 2.57. The molecule has 0 unspecified atom stereocenters. The van der Waals surface area contributed by atoms with Crippen LogP contribution in [0.25, 0.3) is 0 Å². The molecule has 1 aliphatic rings. The highest BCUT2D eigenvalue weighted by atomic mass is 33.1. The van der Waals surface area contributed by atoms with E-state index in [2.05, 4.69) is 26.0 Å². The van der Waals surface area contributed by atoms with Crippen molar-refractivity contribution in [2.45, 2.75) is 30.3 Å². The lowest BCUT2D eigenvalue weighted by atomic mass is 10.0. The molecular formula is C12H16OS2. The maximum atomic E-state index is 5.16. The smallest absolute Gasteiger partial charge is 0.118 e. The van der Waals surface area contributed by atoms with Crippen molar-refractivity contribution < 1.29 is 4.74 Å². The number of rotatable bonds is 2. The molecule has 0 saturated carbocycles. The molecule has 1 atom stereocenters. The molecule has 1 saturated heterocycles. The fourth-order valence-electron chi connectivity index (χ4n) is 1.69. The van der Waals surface area contributed by atoms with Gasteiger partial charge in [-0.25, -0.2) is 0 Å². The molecule has 1 aromatic rings. The number of benzene rings is 1. The molecule has 0 amide bonds. The molecule has 0 radical (unpaired) electrons. The minimum atomic E-state index is 0.412. The van der Waals surface area contributed by atoms with E-state index in [0.717, 1.165) is 5.75 Å². The van der Waals surface area contributed by atoms with Gasteiger partial charge in [-0.1, -0.05) is 33.7 Å². The Labute approximate surface area is 99.4 Å². The Balaban J connectivity index is 2.11. The van der Waals surface area contributed by atoms with Crippen molar-refractivity contribution >= 4 is 21.6 Å². The Hall–Kier alpha value is -0.280. The van der Waals surface area contributed by atoms with Crippen LogP contribution in [0, 0.1) is 0 Å². The number of hydrogen-bond acceptors (Lipinski definition) is 3. The third-order valence-electron chi connectivity index (χ3n) is 2.55. The first-order chi connectivity index (χ1) is 7.11. The van der Waals surface area contributed by atoms with Gasteiger partial charge in [0.25, 0.3) is 0 Å². The van der Waals surface area contributed by atoms with Crippen LogP contribution in [0.2, 0.25) is 0 Å². The van der Waals surface area contributed by atoms with Crippen LogP contribution in [0.1, 0.15) is 31.1 Å². The second-order valence-electron chi connectivity index (χ2n) is 4.41. The Kier molecular flexibility index (Phi) is 3.21. The van der Waals surface area contributed by atoms with Crippen LogP contribution in [0.4, 0.5) is 0 Å². The highest BCUT2D eigenvalue weighted by Gasteiger charge is 2.33. The molecule has 1 aromatic carbocycles. The summed E-state index contributed by atoms with van der Waals surface area (Å²) < 4.78 is 5.57. The summed E-state index contributed by atoms with van der Waals surface area (Å²) in [6.07, 6.45) is 1.24. The number of hydrogen-bond donors (Lipinski definition) is 0. The van der Waals surface area contributed by atoms with Crippen molar-refractivity contribution in [3.8, 4) is 5.75 Å². The van der Waals surface area contributed by atoms with Gasteiger partial charge in [0, 0.05) is 10.00 Å². The van der Waals surface area contributed by atoms with Crippen LogP contribution in [0.15, 0.2) is 24.3 Å². The normalized spacial score (nSPS) is 24.1. The molecule has 82 valence electrons. The molecule has 1 nitrogen and oxygen atoms in total. The van der Waals surface area contributed by atoms with Crippen LogP contribution in [-0.4, -0.2) is 11.9 Å². The first kappa shape index (κ1) is 11.2. The Morgan fingerprint density at radius 1 is 1.27 bits per heavy atom. The van der Waals surface area contributed by atoms with E-state index in [1.165, 1.54) is 12.0 Å². The van der Waals surface area contributed by atoms with Crippen LogP contribution >= 0.6 is 21.6 Å². The SMILES string of the molecule is COc1ccc([C@@H]2CC(C)(C)SS2)cc1. The van der Waals surface area contributed by atoms with Gasteiger partial charge in [0.1, 0.15) is 5.75 Å². The summed E-state index contributed by atoms with van der Waals surface area (Å²) in [5.74, 6) is 0.939. The van der Waals surface area contributed by atoms with Crippen LogP contribution < -0.4 is 4.74 Å². The van der Waals surface area contributed by atoms with Crippen LogP contribution in [0.3, 0.4) is 0 Å². The minimum Gasteiger partial charge on any atom is -0.497 e. The van der Waals surface area contributed by atoms with Crippen molar-refractivity contribution in [1.29, 1.82) is 0 Å². The number of methoxy groups -OCH3 is 1. The summed E-state index contributed by atoms with van der Waals surface area (Å²) in [4.78, 5) is 0. The molecule has 3 heteroatoms. The summed E-state index contributed by atoms with van der Waals surface area (Å²) in [6.45, 7) is 4.63. The Morgan fingerprint density at radius 3 is 2.40 bits per heavy atom. The molecule has 0 aliphatic carbocycles. The van der Waals surface area contributed by atoms with Crippen molar-refractivity contribution in [3.05, 3.63) is 29.8 Å². The highest BCUT2D eigenvalue weighted by molar-refractivity contribution is 8.77. The first-order valence-electron chi connectivity index (χ1n) is 5.09. The van der Waals surface area contributed by atoms with E-state index >= 15 is 0 Å². The van der Waals surface area contributed by atoms with Gasteiger partial charge in [-0.05, 0) is 38.0 Å². The number of ether oxygens (including phenoxy) is 1. The van der Waals surface area contributed by atoms with Crippen LogP contribution in [-0.2, 0) is 0 Å². The zero-order chi connectivity index (χ0) is 10.9. The maximum absolute atomic E-state index is 5.16. The van der Waals surface area contributed by atoms with E-state index in [9.17, 15) is 0 Å². The lowest BCUT2D eigenvalue weighted by molar-refractivity contribution is 0.414. The topological polar surface area (TPSA) is 9.23 Å². The minimum absolute atomic E-state index is 0.412. The zero-order valence-electron chi connectivity index (χ0n) is 9.32. The average Bonchev–Trinajstić information content (AvgIpc) is 2.59. The zero-order valence-corrected chi connectivity index (χ0v) is 11.0. The van der Waals surface area contributed by atoms with E-state index in [0.29, 0.717) is 10.00 Å². The van der Waals surface area contributed by atoms with Gasteiger partial charge in [0.05, 0.1) is 7.11 Å². The van der Waals surface area contributed by atoms with Crippen molar-refractivity contribution in [1.82, 2.24) is 0 Å². The Morgan fingerprint density at radius 2 is 1.93 bits per heavy atom. The lowest BCUT2D eigenvalue weighted by Crippen LogP contribution is -2.09. The van der Waals surface area contributed by atoms with Gasteiger partial charge in [-0.2, -0.15) is 0 Å². The third kappa shape index (κ3) is 2.64. The standard InChI is InChI=1S/C12H16OS2/c1-12(2)8-11(14-15-12)9-4-6-10(13-3)7-5-9/h4-7,11H,8H2,1-3H3/t11-/m0/s1. The molecule has 0 aromatic heterocycles. The summed E-state index contributed by atoms with van der Waals surface area (Å²) in [6, 6.07) is 8.45. The molecule has 0 N–H and O–H groups in total. The molecule has 0 bridgehead atoms. The molecule has 1 fully saturated rings. The van der Waals surface area contributed by atoms with Crippen LogP contribution in [0.5, 0.6) is 5.75 Å². The molecule has 2 rings (SSSR count). The molecule has 1 heterocycles.